The summed E-state index contributed by atoms with van der Waals surface area (Å²) in [5.41, 5.74) is 8.26. The molecule has 0 fully saturated rings. The van der Waals surface area contributed by atoms with Gasteiger partial charge in [-0.15, -0.1) is 0 Å². The van der Waals surface area contributed by atoms with Crippen LogP contribution < -0.4 is 9.64 Å². The molecule has 0 unspecified atom stereocenters. The molecule has 0 saturated heterocycles. The summed E-state index contributed by atoms with van der Waals surface area (Å²) in [5, 5.41) is 8.89. The van der Waals surface area contributed by atoms with Crippen molar-refractivity contribution in [1.82, 2.24) is 4.90 Å². The summed E-state index contributed by atoms with van der Waals surface area (Å²) in [4.78, 5) is 4.47. The molecule has 0 saturated carbocycles. The van der Waals surface area contributed by atoms with Crippen LogP contribution in [0, 0.1) is 11.2 Å². The largest absolute Gasteiger partial charge is 0.490 e. The van der Waals surface area contributed by atoms with Crippen LogP contribution in [0.25, 0.3) is 5.57 Å². The molecule has 0 amide bonds. The molecule has 0 atom stereocenters. The van der Waals surface area contributed by atoms with Crippen LogP contribution in [0.1, 0.15) is 108 Å². The number of halogens is 1. The van der Waals surface area contributed by atoms with Gasteiger partial charge in [0, 0.05) is 31.9 Å². The molecule has 4 nitrogen and oxygen atoms in total. The highest BCUT2D eigenvalue weighted by Gasteiger charge is 2.32. The highest BCUT2D eigenvalue weighted by atomic mass is 19.1. The lowest BCUT2D eigenvalue weighted by Gasteiger charge is -2.32. The smallest absolute Gasteiger partial charge is 0.176 e. The topological polar surface area (TPSA) is 39.6 Å². The molecule has 0 spiro atoms. The summed E-state index contributed by atoms with van der Waals surface area (Å²) in [5.74, 6) is 0.132. The third-order valence-electron chi connectivity index (χ3n) is 7.61. The van der Waals surface area contributed by atoms with Crippen molar-refractivity contribution in [2.24, 2.45) is 0 Å². The lowest BCUT2D eigenvalue weighted by atomic mass is 9.80. The van der Waals surface area contributed by atoms with Crippen LogP contribution in [0.3, 0.4) is 0 Å². The van der Waals surface area contributed by atoms with Crippen molar-refractivity contribution in [3.05, 3.63) is 64.0 Å². The zero-order chi connectivity index (χ0) is 28.9. The van der Waals surface area contributed by atoms with Gasteiger partial charge in [-0.25, -0.2) is 4.39 Å². The summed E-state index contributed by atoms with van der Waals surface area (Å²) in [6, 6.07) is 6.66. The van der Waals surface area contributed by atoms with Crippen molar-refractivity contribution in [2.75, 3.05) is 31.1 Å². The van der Waals surface area contributed by atoms with Crippen LogP contribution in [-0.4, -0.2) is 37.0 Å². The fraction of sp³-hybridized carbons (Fsp3) is 0.559. The van der Waals surface area contributed by atoms with Gasteiger partial charge in [-0.05, 0) is 83.5 Å². The molecule has 5 heteroatoms. The molecule has 0 aliphatic carbocycles. The van der Waals surface area contributed by atoms with E-state index in [9.17, 15) is 0 Å². The normalized spacial score (nSPS) is 13.2. The fourth-order valence-electron chi connectivity index (χ4n) is 5.86. The summed E-state index contributed by atoms with van der Waals surface area (Å²) < 4.78 is 21.4. The Morgan fingerprint density at radius 1 is 1.05 bits per heavy atom. The number of hydrogen-bond donors (Lipinski definition) is 1. The lowest BCUT2D eigenvalue weighted by molar-refractivity contribution is 0.317. The Labute approximate surface area is 236 Å². The third-order valence-corrected chi connectivity index (χ3v) is 7.61. The highest BCUT2D eigenvalue weighted by Crippen LogP contribution is 2.38. The first-order valence-electron chi connectivity index (χ1n) is 14.9. The fourth-order valence-corrected chi connectivity index (χ4v) is 5.86. The molecule has 1 aliphatic rings. The van der Waals surface area contributed by atoms with Gasteiger partial charge >= 0.3 is 0 Å². The minimum Gasteiger partial charge on any atom is -0.490 e. The number of ether oxygens (including phenoxy) is 1. The molecule has 1 aliphatic heterocycles. The number of benzene rings is 2. The van der Waals surface area contributed by atoms with Crippen molar-refractivity contribution >= 4 is 17.1 Å². The third kappa shape index (κ3) is 6.50. The maximum Gasteiger partial charge on any atom is 0.176 e. The average Bonchev–Trinajstić information content (AvgIpc) is 3.19. The Bertz CT molecular complexity index is 1190. The van der Waals surface area contributed by atoms with E-state index in [0.29, 0.717) is 31.0 Å². The summed E-state index contributed by atoms with van der Waals surface area (Å²) >= 11 is 0. The van der Waals surface area contributed by atoms with Gasteiger partial charge in [0.2, 0.25) is 0 Å². The molecule has 3 rings (SSSR count). The number of hydrogen-bond acceptors (Lipinski definition) is 3. The van der Waals surface area contributed by atoms with Crippen LogP contribution in [0.15, 0.2) is 24.8 Å². The van der Waals surface area contributed by atoms with Crippen LogP contribution in [0.2, 0.25) is 0 Å². The molecule has 214 valence electrons. The zero-order valence-electron chi connectivity index (χ0n) is 25.7. The van der Waals surface area contributed by atoms with E-state index in [2.05, 4.69) is 72.1 Å². The minimum absolute atomic E-state index is 0.00838. The predicted octanol–water partition coefficient (Wildman–Crippen LogP) is 8.52. The van der Waals surface area contributed by atoms with E-state index in [4.69, 9.17) is 10.1 Å². The first-order chi connectivity index (χ1) is 18.5. The second-order valence-corrected chi connectivity index (χ2v) is 11.8. The van der Waals surface area contributed by atoms with Gasteiger partial charge in [-0.3, -0.25) is 5.41 Å². The molecule has 1 N–H and O–H groups in total. The van der Waals surface area contributed by atoms with Gasteiger partial charge in [-0.1, -0.05) is 67.5 Å². The SMILES string of the molecule is C=C(CN1Cc2cc(CCC)c(OCC)c(F)c2C1=N)c1cc(N(CCC)CCC)c(CC)c(C(C)(C)C)c1. The van der Waals surface area contributed by atoms with Gasteiger partial charge in [0.1, 0.15) is 5.84 Å². The molecular weight excluding hydrogens is 485 g/mol. The first kappa shape index (κ1) is 30.7. The number of fused-ring (bicyclic) bond motifs is 1. The second-order valence-electron chi connectivity index (χ2n) is 11.8. The molecular formula is C34H50FN3O. The van der Waals surface area contributed by atoms with Crippen molar-refractivity contribution < 1.29 is 9.13 Å². The van der Waals surface area contributed by atoms with Crippen molar-refractivity contribution in [2.45, 2.75) is 99.5 Å². The van der Waals surface area contributed by atoms with E-state index in [1.54, 1.807) is 0 Å². The zero-order valence-corrected chi connectivity index (χ0v) is 25.7. The Hall–Kier alpha value is -2.82. The lowest BCUT2D eigenvalue weighted by Crippen LogP contribution is -2.28. The van der Waals surface area contributed by atoms with Gasteiger partial charge < -0.3 is 14.5 Å². The molecule has 0 bridgehead atoms. The molecule has 2 aromatic carbocycles. The maximum atomic E-state index is 15.7. The Kier molecular flexibility index (Phi) is 10.3. The molecule has 39 heavy (non-hydrogen) atoms. The van der Waals surface area contributed by atoms with E-state index in [-0.39, 0.29) is 11.3 Å². The summed E-state index contributed by atoms with van der Waals surface area (Å²) in [7, 11) is 0. The molecule has 2 aromatic rings. The second kappa shape index (κ2) is 13.0. The summed E-state index contributed by atoms with van der Waals surface area (Å²) in [6.45, 7) is 25.5. The van der Waals surface area contributed by atoms with E-state index in [1.165, 1.54) is 16.8 Å². The number of nitrogens with one attached hydrogen (secondary N) is 1. The minimum atomic E-state index is -0.393. The van der Waals surface area contributed by atoms with E-state index < -0.39 is 5.82 Å². The van der Waals surface area contributed by atoms with Gasteiger partial charge in [0.25, 0.3) is 0 Å². The number of rotatable bonds is 13. The number of nitrogens with zero attached hydrogens (tertiary/aromatic N) is 2. The molecule has 0 radical (unpaired) electrons. The number of anilines is 1. The van der Waals surface area contributed by atoms with Crippen LogP contribution in [0.4, 0.5) is 10.1 Å². The molecule has 1 heterocycles. The van der Waals surface area contributed by atoms with Gasteiger partial charge in [0.15, 0.2) is 11.6 Å². The van der Waals surface area contributed by atoms with E-state index >= 15 is 4.39 Å². The standard InChI is InChI=1S/C34H50FN3O/c1-10-15-24-18-26-22-38(33(36)30(26)31(35)32(24)39-14-5)21-23(6)25-19-28(34(7,8)9)27(13-4)29(20-25)37(16-11-2)17-12-3/h18-20,36H,6,10-17,21-22H2,1-5,7-9H3. The van der Waals surface area contributed by atoms with Crippen molar-refractivity contribution in [3.63, 3.8) is 0 Å². The summed E-state index contributed by atoms with van der Waals surface area (Å²) in [6.07, 6.45) is 4.84. The van der Waals surface area contributed by atoms with Crippen LogP contribution in [0.5, 0.6) is 5.75 Å². The Morgan fingerprint density at radius 3 is 2.26 bits per heavy atom. The quantitative estimate of drug-likeness (QED) is 0.279. The number of amidine groups is 1. The monoisotopic (exact) mass is 535 g/mol. The highest BCUT2D eigenvalue weighted by molar-refractivity contribution is 6.02. The van der Waals surface area contributed by atoms with Gasteiger partial charge in [-0.2, -0.15) is 0 Å². The predicted molar refractivity (Wildman–Crippen MR) is 165 cm³/mol. The van der Waals surface area contributed by atoms with E-state index in [1.807, 2.05) is 17.9 Å². The van der Waals surface area contributed by atoms with Crippen molar-refractivity contribution in [1.29, 1.82) is 5.41 Å². The Balaban J connectivity index is 2.00. The van der Waals surface area contributed by atoms with Gasteiger partial charge in [0.05, 0.1) is 12.2 Å². The van der Waals surface area contributed by atoms with E-state index in [0.717, 1.165) is 67.5 Å². The average molecular weight is 536 g/mol. The van der Waals surface area contributed by atoms with Crippen molar-refractivity contribution in [3.8, 4) is 5.75 Å². The first-order valence-corrected chi connectivity index (χ1v) is 14.9. The van der Waals surface area contributed by atoms with Crippen LogP contribution in [-0.2, 0) is 24.8 Å². The Morgan fingerprint density at radius 2 is 1.72 bits per heavy atom. The molecule has 0 aromatic heterocycles. The number of aryl methyl sites for hydroxylation is 1. The van der Waals surface area contributed by atoms with Crippen LogP contribution >= 0.6 is 0 Å². The maximum absolute atomic E-state index is 15.7.